The lowest BCUT2D eigenvalue weighted by atomic mass is 9.65. The molecule has 0 spiro atoms. The molecule has 0 radical (unpaired) electrons. The minimum atomic E-state index is 0.156. The molecule has 0 amide bonds. The molecule has 1 aliphatic heterocycles. The zero-order chi connectivity index (χ0) is 15.4. The van der Waals surface area contributed by atoms with Crippen LogP contribution in [0.5, 0.6) is 0 Å². The predicted molar refractivity (Wildman–Crippen MR) is 86.2 cm³/mol. The number of rotatable bonds is 6. The molecule has 0 unspecified atom stereocenters. The van der Waals surface area contributed by atoms with Crippen molar-refractivity contribution in [3.8, 4) is 0 Å². The highest BCUT2D eigenvalue weighted by Gasteiger charge is 2.53. The second-order valence-electron chi connectivity index (χ2n) is 7.33. The smallest absolute Gasteiger partial charge is 0.194 e. The quantitative estimate of drug-likeness (QED) is 0.463. The van der Waals surface area contributed by atoms with Crippen LogP contribution in [0.4, 0.5) is 0 Å². The number of hydrogen-bond donors (Lipinski definition) is 1. The maximum absolute atomic E-state index is 5.59. The molecule has 0 bridgehead atoms. The van der Waals surface area contributed by atoms with Gasteiger partial charge in [0.25, 0.3) is 0 Å². The summed E-state index contributed by atoms with van der Waals surface area (Å²) in [5.41, 5.74) is 0.494. The predicted octanol–water partition coefficient (Wildman–Crippen LogP) is 2.74. The SMILES string of the molecule is CN=C(NCCCOCC(C)C)N1CC(C)(C)C1(C)C. The Hall–Kier alpha value is -0.770. The van der Waals surface area contributed by atoms with E-state index in [-0.39, 0.29) is 5.54 Å². The van der Waals surface area contributed by atoms with Crippen LogP contribution in [0.2, 0.25) is 0 Å². The minimum absolute atomic E-state index is 0.156. The summed E-state index contributed by atoms with van der Waals surface area (Å²) in [6.07, 6.45) is 1.02. The number of hydrogen-bond acceptors (Lipinski definition) is 2. The van der Waals surface area contributed by atoms with E-state index in [0.29, 0.717) is 11.3 Å². The Balaban J connectivity index is 2.29. The number of guanidine groups is 1. The van der Waals surface area contributed by atoms with Gasteiger partial charge in [-0.3, -0.25) is 4.99 Å². The summed E-state index contributed by atoms with van der Waals surface area (Å²) >= 11 is 0. The van der Waals surface area contributed by atoms with E-state index in [1.54, 1.807) is 0 Å². The summed E-state index contributed by atoms with van der Waals surface area (Å²) in [4.78, 5) is 6.77. The lowest BCUT2D eigenvalue weighted by Crippen LogP contribution is -2.72. The Morgan fingerprint density at radius 3 is 2.40 bits per heavy atom. The maximum atomic E-state index is 5.59. The monoisotopic (exact) mass is 283 g/mol. The maximum Gasteiger partial charge on any atom is 0.194 e. The normalized spacial score (nSPS) is 21.0. The number of nitrogens with zero attached hydrogens (tertiary/aromatic N) is 2. The molecule has 0 aromatic rings. The fourth-order valence-electron chi connectivity index (χ4n) is 2.39. The van der Waals surface area contributed by atoms with Crippen LogP contribution < -0.4 is 5.32 Å². The van der Waals surface area contributed by atoms with Gasteiger partial charge in [0, 0.05) is 44.3 Å². The third kappa shape index (κ3) is 3.87. The third-order valence-corrected chi connectivity index (χ3v) is 4.55. The van der Waals surface area contributed by atoms with Gasteiger partial charge in [-0.25, -0.2) is 0 Å². The van der Waals surface area contributed by atoms with Gasteiger partial charge in [0.1, 0.15) is 0 Å². The Bertz CT molecular complexity index is 335. The summed E-state index contributed by atoms with van der Waals surface area (Å²) in [7, 11) is 1.86. The molecule has 0 atom stereocenters. The first kappa shape index (κ1) is 17.3. The molecule has 0 saturated carbocycles. The van der Waals surface area contributed by atoms with Crippen molar-refractivity contribution in [3.05, 3.63) is 0 Å². The highest BCUT2D eigenvalue weighted by molar-refractivity contribution is 5.81. The van der Waals surface area contributed by atoms with Crippen molar-refractivity contribution in [2.45, 2.75) is 53.5 Å². The number of likely N-dealkylation sites (tertiary alicyclic amines) is 1. The van der Waals surface area contributed by atoms with Gasteiger partial charge in [-0.05, 0) is 26.2 Å². The van der Waals surface area contributed by atoms with Gasteiger partial charge in [0.05, 0.1) is 0 Å². The van der Waals surface area contributed by atoms with Crippen LogP contribution in [0, 0.1) is 11.3 Å². The van der Waals surface area contributed by atoms with E-state index >= 15 is 0 Å². The Kier molecular flexibility index (Phi) is 5.87. The molecule has 1 heterocycles. The molecule has 0 aromatic carbocycles. The van der Waals surface area contributed by atoms with Crippen molar-refractivity contribution in [1.82, 2.24) is 10.2 Å². The fraction of sp³-hybridized carbons (Fsp3) is 0.938. The van der Waals surface area contributed by atoms with Gasteiger partial charge in [0.2, 0.25) is 0 Å². The van der Waals surface area contributed by atoms with Crippen molar-refractivity contribution in [3.63, 3.8) is 0 Å². The van der Waals surface area contributed by atoms with E-state index in [1.807, 2.05) is 7.05 Å². The van der Waals surface area contributed by atoms with Crippen LogP contribution in [-0.2, 0) is 4.74 Å². The fourth-order valence-corrected chi connectivity index (χ4v) is 2.39. The van der Waals surface area contributed by atoms with E-state index < -0.39 is 0 Å². The van der Waals surface area contributed by atoms with Gasteiger partial charge < -0.3 is 15.0 Å². The average Bonchev–Trinajstić information content (AvgIpc) is 2.35. The summed E-state index contributed by atoms with van der Waals surface area (Å²) in [6.45, 7) is 17.2. The summed E-state index contributed by atoms with van der Waals surface area (Å²) in [5, 5.41) is 3.45. The van der Waals surface area contributed by atoms with Crippen LogP contribution >= 0.6 is 0 Å². The molecular formula is C16H33N3O. The Labute approximate surface area is 125 Å². The van der Waals surface area contributed by atoms with Gasteiger partial charge in [0.15, 0.2) is 5.96 Å². The number of aliphatic imine (C=N–C) groups is 1. The first-order chi connectivity index (χ1) is 9.22. The van der Waals surface area contributed by atoms with Crippen LogP contribution in [0.1, 0.15) is 48.0 Å². The largest absolute Gasteiger partial charge is 0.381 e. The molecule has 0 aliphatic carbocycles. The molecule has 4 heteroatoms. The number of ether oxygens (including phenoxy) is 1. The summed E-state index contributed by atoms with van der Waals surface area (Å²) in [6, 6.07) is 0. The van der Waals surface area contributed by atoms with Crippen molar-refractivity contribution in [2.75, 3.05) is 33.4 Å². The summed E-state index contributed by atoms with van der Waals surface area (Å²) < 4.78 is 5.59. The van der Waals surface area contributed by atoms with Crippen molar-refractivity contribution < 1.29 is 4.74 Å². The van der Waals surface area contributed by atoms with Crippen LogP contribution in [-0.4, -0.2) is 49.7 Å². The van der Waals surface area contributed by atoms with Crippen LogP contribution in [0.3, 0.4) is 0 Å². The van der Waals surface area contributed by atoms with E-state index in [1.165, 1.54) is 0 Å². The van der Waals surface area contributed by atoms with Gasteiger partial charge in [-0.1, -0.05) is 27.7 Å². The van der Waals surface area contributed by atoms with Crippen LogP contribution in [0.15, 0.2) is 4.99 Å². The molecule has 1 aliphatic rings. The van der Waals surface area contributed by atoms with E-state index in [0.717, 1.165) is 38.7 Å². The highest BCUT2D eigenvalue weighted by Crippen LogP contribution is 2.46. The van der Waals surface area contributed by atoms with E-state index in [9.17, 15) is 0 Å². The third-order valence-electron chi connectivity index (χ3n) is 4.55. The van der Waals surface area contributed by atoms with Gasteiger partial charge in [-0.2, -0.15) is 0 Å². The zero-order valence-electron chi connectivity index (χ0n) is 14.4. The first-order valence-corrected chi connectivity index (χ1v) is 7.78. The van der Waals surface area contributed by atoms with Gasteiger partial charge >= 0.3 is 0 Å². The Morgan fingerprint density at radius 1 is 1.30 bits per heavy atom. The highest BCUT2D eigenvalue weighted by atomic mass is 16.5. The standard InChI is InChI=1S/C16H33N3O/c1-13(2)11-20-10-8-9-18-14(17-7)19-12-15(3,4)16(19,5)6/h13H,8-12H2,1-7H3,(H,17,18). The first-order valence-electron chi connectivity index (χ1n) is 7.78. The lowest BCUT2D eigenvalue weighted by Gasteiger charge is -2.62. The Morgan fingerprint density at radius 2 is 1.95 bits per heavy atom. The number of nitrogens with one attached hydrogen (secondary N) is 1. The van der Waals surface area contributed by atoms with E-state index in [4.69, 9.17) is 4.74 Å². The van der Waals surface area contributed by atoms with E-state index in [2.05, 4.69) is 56.8 Å². The molecule has 1 N–H and O–H groups in total. The second kappa shape index (κ2) is 6.79. The lowest BCUT2D eigenvalue weighted by molar-refractivity contribution is -0.0667. The summed E-state index contributed by atoms with van der Waals surface area (Å²) in [5.74, 6) is 1.62. The molecular weight excluding hydrogens is 250 g/mol. The van der Waals surface area contributed by atoms with Crippen molar-refractivity contribution in [2.24, 2.45) is 16.3 Å². The second-order valence-corrected chi connectivity index (χ2v) is 7.33. The molecule has 1 fully saturated rings. The van der Waals surface area contributed by atoms with Crippen LogP contribution in [0.25, 0.3) is 0 Å². The zero-order valence-corrected chi connectivity index (χ0v) is 14.4. The molecule has 118 valence electrons. The molecule has 4 nitrogen and oxygen atoms in total. The van der Waals surface area contributed by atoms with Crippen molar-refractivity contribution in [1.29, 1.82) is 0 Å². The topological polar surface area (TPSA) is 36.9 Å². The molecule has 20 heavy (non-hydrogen) atoms. The van der Waals surface area contributed by atoms with Crippen molar-refractivity contribution >= 4 is 5.96 Å². The molecule has 1 rings (SSSR count). The average molecular weight is 283 g/mol. The molecule has 0 aromatic heterocycles. The van der Waals surface area contributed by atoms with Gasteiger partial charge in [-0.15, -0.1) is 0 Å². The minimum Gasteiger partial charge on any atom is -0.381 e. The molecule has 1 saturated heterocycles.